The number of hydrogen-bond donors (Lipinski definition) is 1. The van der Waals surface area contributed by atoms with Crippen molar-refractivity contribution in [2.45, 2.75) is 25.4 Å². The normalized spacial score (nSPS) is 17.1. The Bertz CT molecular complexity index is 1220. The molecule has 1 aliphatic rings. The molecule has 1 aliphatic heterocycles. The number of fused-ring (bicyclic) bond motifs is 1. The van der Waals surface area contributed by atoms with E-state index < -0.39 is 0 Å². The van der Waals surface area contributed by atoms with E-state index in [0.29, 0.717) is 34.4 Å². The lowest BCUT2D eigenvalue weighted by Gasteiger charge is -2.33. The van der Waals surface area contributed by atoms with Crippen LogP contribution in [-0.4, -0.2) is 59.3 Å². The van der Waals surface area contributed by atoms with Crippen molar-refractivity contribution in [3.8, 4) is 11.5 Å². The second-order valence-electron chi connectivity index (χ2n) is 7.40. The van der Waals surface area contributed by atoms with Crippen LogP contribution < -0.4 is 5.32 Å². The molecule has 1 atom stereocenters. The van der Waals surface area contributed by atoms with Crippen molar-refractivity contribution in [1.82, 2.24) is 33.8 Å². The van der Waals surface area contributed by atoms with E-state index in [1.807, 2.05) is 6.07 Å². The van der Waals surface area contributed by atoms with Gasteiger partial charge in [0.25, 0.3) is 0 Å². The van der Waals surface area contributed by atoms with Crippen molar-refractivity contribution in [3.63, 3.8) is 0 Å². The van der Waals surface area contributed by atoms with E-state index in [9.17, 15) is 9.18 Å². The van der Waals surface area contributed by atoms with Gasteiger partial charge in [0.2, 0.25) is 0 Å². The number of rotatable bonds is 6. The van der Waals surface area contributed by atoms with Gasteiger partial charge in [0, 0.05) is 31.5 Å². The average molecular weight is 438 g/mol. The molecule has 0 amide bonds. The van der Waals surface area contributed by atoms with Crippen LogP contribution in [-0.2, 0) is 6.54 Å². The number of anilines is 1. The molecule has 1 N–H and O–H groups in total. The first-order valence-corrected chi connectivity index (χ1v) is 10.7. The molecule has 31 heavy (non-hydrogen) atoms. The van der Waals surface area contributed by atoms with Gasteiger partial charge in [-0.25, -0.2) is 19.3 Å². The number of aromatic nitrogens is 6. The number of carbonyl (C=O) groups is 1. The molecule has 0 bridgehead atoms. The average Bonchev–Trinajstić information content (AvgIpc) is 3.40. The van der Waals surface area contributed by atoms with Crippen LogP contribution >= 0.6 is 11.5 Å². The highest BCUT2D eigenvalue weighted by molar-refractivity contribution is 7.07. The lowest BCUT2D eigenvalue weighted by Crippen LogP contribution is -2.42. The molecule has 1 fully saturated rings. The van der Waals surface area contributed by atoms with Gasteiger partial charge in [0.15, 0.2) is 12.1 Å². The molecule has 9 nitrogen and oxygen atoms in total. The number of piperidine rings is 1. The Hall–Kier alpha value is -3.31. The largest absolute Gasteiger partial charge is 0.366 e. The van der Waals surface area contributed by atoms with Crippen LogP contribution in [0.3, 0.4) is 0 Å². The summed E-state index contributed by atoms with van der Waals surface area (Å²) in [6.07, 6.45) is 7.54. The SMILES string of the molecule is O=Cc1snnc1CN1CCC[C@@H](Nc2ccnc(-c3cnc4ccc(F)cn34)n2)C1. The highest BCUT2D eigenvalue weighted by Gasteiger charge is 2.22. The Kier molecular flexibility index (Phi) is 5.35. The molecule has 5 heterocycles. The van der Waals surface area contributed by atoms with E-state index in [1.54, 1.807) is 22.9 Å². The van der Waals surface area contributed by atoms with E-state index >= 15 is 0 Å². The molecule has 11 heteroatoms. The Morgan fingerprint density at radius 3 is 3.13 bits per heavy atom. The minimum atomic E-state index is -0.351. The van der Waals surface area contributed by atoms with Crippen LogP contribution in [0.25, 0.3) is 17.2 Å². The zero-order valence-electron chi connectivity index (χ0n) is 16.5. The van der Waals surface area contributed by atoms with Gasteiger partial charge in [-0.1, -0.05) is 4.49 Å². The second-order valence-corrected chi connectivity index (χ2v) is 8.19. The first kappa shape index (κ1) is 19.6. The Balaban J connectivity index is 1.31. The number of pyridine rings is 1. The van der Waals surface area contributed by atoms with Gasteiger partial charge < -0.3 is 5.32 Å². The molecule has 0 aromatic carbocycles. The van der Waals surface area contributed by atoms with Crippen LogP contribution in [0.2, 0.25) is 0 Å². The van der Waals surface area contributed by atoms with Crippen molar-refractivity contribution < 1.29 is 9.18 Å². The van der Waals surface area contributed by atoms with E-state index in [4.69, 9.17) is 0 Å². The van der Waals surface area contributed by atoms with E-state index in [2.05, 4.69) is 34.8 Å². The van der Waals surface area contributed by atoms with E-state index in [-0.39, 0.29) is 11.9 Å². The molecule has 4 aromatic rings. The fourth-order valence-electron chi connectivity index (χ4n) is 3.84. The Labute approximate surface area is 181 Å². The van der Waals surface area contributed by atoms with Gasteiger partial charge in [0.05, 0.1) is 6.20 Å². The monoisotopic (exact) mass is 438 g/mol. The van der Waals surface area contributed by atoms with Crippen LogP contribution in [0.1, 0.15) is 28.2 Å². The predicted molar refractivity (Wildman–Crippen MR) is 113 cm³/mol. The summed E-state index contributed by atoms with van der Waals surface area (Å²) in [5.74, 6) is 0.823. The summed E-state index contributed by atoms with van der Waals surface area (Å²) in [4.78, 5) is 27.2. The van der Waals surface area contributed by atoms with Gasteiger partial charge in [-0.3, -0.25) is 14.1 Å². The molecule has 158 valence electrons. The molecular weight excluding hydrogens is 419 g/mol. The summed E-state index contributed by atoms with van der Waals surface area (Å²) in [5.41, 5.74) is 1.98. The van der Waals surface area contributed by atoms with E-state index in [0.717, 1.165) is 49.4 Å². The molecule has 1 saturated heterocycles. The van der Waals surface area contributed by atoms with Gasteiger partial charge in [-0.2, -0.15) is 0 Å². The quantitative estimate of drug-likeness (QED) is 0.459. The number of hydrogen-bond acceptors (Lipinski definition) is 9. The number of nitrogens with one attached hydrogen (secondary N) is 1. The van der Waals surface area contributed by atoms with Crippen LogP contribution in [0.15, 0.2) is 36.8 Å². The predicted octanol–water partition coefficient (Wildman–Crippen LogP) is 2.67. The maximum Gasteiger partial charge on any atom is 0.180 e. The van der Waals surface area contributed by atoms with Crippen molar-refractivity contribution in [1.29, 1.82) is 0 Å². The highest BCUT2D eigenvalue weighted by Crippen LogP contribution is 2.21. The molecule has 0 radical (unpaired) electrons. The lowest BCUT2D eigenvalue weighted by atomic mass is 10.1. The Morgan fingerprint density at radius 2 is 2.23 bits per heavy atom. The molecule has 5 rings (SSSR count). The van der Waals surface area contributed by atoms with Gasteiger partial charge in [0.1, 0.15) is 33.5 Å². The summed E-state index contributed by atoms with van der Waals surface area (Å²) >= 11 is 1.12. The maximum atomic E-state index is 13.7. The zero-order valence-corrected chi connectivity index (χ0v) is 17.3. The minimum Gasteiger partial charge on any atom is -0.366 e. The maximum absolute atomic E-state index is 13.7. The van der Waals surface area contributed by atoms with Crippen LogP contribution in [0, 0.1) is 5.82 Å². The third-order valence-corrected chi connectivity index (χ3v) is 5.97. The summed E-state index contributed by atoms with van der Waals surface area (Å²) in [5, 5.41) is 7.56. The number of nitrogens with zero attached hydrogens (tertiary/aromatic N) is 7. The van der Waals surface area contributed by atoms with Gasteiger partial charge >= 0.3 is 0 Å². The third kappa shape index (κ3) is 4.14. The van der Waals surface area contributed by atoms with Gasteiger partial charge in [-0.05, 0) is 49.1 Å². The number of likely N-dealkylation sites (tertiary alicyclic amines) is 1. The number of halogens is 1. The van der Waals surface area contributed by atoms with Crippen LogP contribution in [0.5, 0.6) is 0 Å². The van der Waals surface area contributed by atoms with E-state index in [1.165, 1.54) is 12.3 Å². The standard InChI is InChI=1S/C20H19FN8OS/c21-13-3-4-19-23-8-16(29(19)9-13)20-22-6-5-18(25-20)24-14-2-1-7-28(10-14)11-15-17(12-30)31-27-26-15/h3-6,8-9,12,14H,1-2,7,10-11H2,(H,22,24,25)/t14-/m1/s1. The van der Waals surface area contributed by atoms with Crippen molar-refractivity contribution >= 4 is 29.3 Å². The van der Waals surface area contributed by atoms with Crippen molar-refractivity contribution in [2.75, 3.05) is 18.4 Å². The molecule has 0 saturated carbocycles. The summed E-state index contributed by atoms with van der Waals surface area (Å²) in [6, 6.07) is 5.01. The first-order valence-electron chi connectivity index (χ1n) is 9.91. The molecule has 0 aliphatic carbocycles. The topological polar surface area (TPSA) is 101 Å². The number of carbonyl (C=O) groups excluding carboxylic acids is 1. The fraction of sp³-hybridized carbons (Fsp3) is 0.300. The second kappa shape index (κ2) is 8.44. The lowest BCUT2D eigenvalue weighted by molar-refractivity contribution is 0.112. The fourth-order valence-corrected chi connectivity index (χ4v) is 4.32. The molecule has 0 spiro atoms. The summed E-state index contributed by atoms with van der Waals surface area (Å²) in [7, 11) is 0. The summed E-state index contributed by atoms with van der Waals surface area (Å²) < 4.78 is 19.2. The van der Waals surface area contributed by atoms with Gasteiger partial charge in [-0.15, -0.1) is 5.10 Å². The third-order valence-electron chi connectivity index (χ3n) is 5.28. The summed E-state index contributed by atoms with van der Waals surface area (Å²) in [6.45, 7) is 2.34. The molecular formula is C20H19FN8OS. The number of imidazole rings is 1. The number of aldehydes is 1. The molecule has 0 unspecified atom stereocenters. The van der Waals surface area contributed by atoms with Crippen molar-refractivity contribution in [3.05, 3.63) is 53.2 Å². The first-order chi connectivity index (χ1) is 15.2. The zero-order chi connectivity index (χ0) is 21.2. The minimum absolute atomic E-state index is 0.197. The smallest absolute Gasteiger partial charge is 0.180 e. The molecule has 4 aromatic heterocycles. The van der Waals surface area contributed by atoms with Crippen molar-refractivity contribution in [2.24, 2.45) is 0 Å². The highest BCUT2D eigenvalue weighted by atomic mass is 32.1. The van der Waals surface area contributed by atoms with Crippen LogP contribution in [0.4, 0.5) is 10.2 Å². The Morgan fingerprint density at radius 1 is 1.29 bits per heavy atom.